The topological polar surface area (TPSA) is 301 Å². The lowest BCUT2D eigenvalue weighted by Gasteiger charge is -2.42. The SMILES string of the molecule is COc1cccc2c1C(=O)c1c(O)c3c(c(O)c1C2=O)CC(O)(C(=O)CO)CC3OC1CC(NC(=O)c2nnc(-c3ccc(OCc4cn(CCCCCCCCC[P+](c5ccccc5)(c5ccccc5)c5ccccc5)nn4)cc3)nn2)C(O)C(C)O1. The van der Waals surface area contributed by atoms with Crippen molar-refractivity contribution in [3.05, 3.63) is 185 Å². The van der Waals surface area contributed by atoms with Crippen LogP contribution >= 0.6 is 7.26 Å². The van der Waals surface area contributed by atoms with Gasteiger partial charge in [-0.3, -0.25) is 23.9 Å². The van der Waals surface area contributed by atoms with Gasteiger partial charge in [0.25, 0.3) is 11.7 Å². The zero-order chi connectivity index (χ0) is 61.5. The van der Waals surface area contributed by atoms with Gasteiger partial charge in [0.2, 0.25) is 11.6 Å². The molecule has 3 aliphatic rings. The number of aromatic nitrogens is 7. The molecule has 8 aromatic rings. The standard InChI is InChI=1S/C66H67N8O13P/c1-40-58(77)49(34-53(86-40)87-51-36-66(83,52(76)38-75)35-48-55(51)62(81)57-56(60(48)79)59(78)47-26-19-27-50(84-2)54(47)61(57)80)67-65(82)64-71-69-63(70-72-64)41-28-30-43(31-29-41)85-39-42-37-74(73-68-42)32-17-6-4-3-5-7-18-33-88(44-20-11-8-12-21-44,45-22-13-9-14-23-45)46-24-15-10-16-25-46/h8-16,19-31,37,40,49,51,53,58,75,77,83H,3-7,17-18,32-36,38-39H2,1-2H3,(H2-,67,68,69,70,71,72,73,78,79,80,81,82)/p+1. The lowest BCUT2D eigenvalue weighted by atomic mass is 9.72. The highest BCUT2D eigenvalue weighted by atomic mass is 31.2. The molecule has 2 aromatic heterocycles. The Kier molecular flexibility index (Phi) is 18.5. The number of aliphatic hydroxyl groups excluding tert-OH is 2. The van der Waals surface area contributed by atoms with Crippen LogP contribution < -0.4 is 30.7 Å². The second-order valence-electron chi connectivity index (χ2n) is 22.4. The summed E-state index contributed by atoms with van der Waals surface area (Å²) in [6, 6.07) is 43.3. The van der Waals surface area contributed by atoms with Crippen LogP contribution in [-0.2, 0) is 33.8 Å². The summed E-state index contributed by atoms with van der Waals surface area (Å²) in [6.45, 7) is 1.37. The number of carbonyl (C=O) groups is 4. The fourth-order valence-corrected chi connectivity index (χ4v) is 16.7. The van der Waals surface area contributed by atoms with Crippen molar-refractivity contribution in [2.45, 2.75) is 121 Å². The van der Waals surface area contributed by atoms with Crippen molar-refractivity contribution in [3.8, 4) is 34.4 Å². The number of hydrogen-bond donors (Lipinski definition) is 6. The lowest BCUT2D eigenvalue weighted by molar-refractivity contribution is -0.249. The van der Waals surface area contributed by atoms with E-state index in [4.69, 9.17) is 18.9 Å². The first-order valence-corrected chi connectivity index (χ1v) is 31.5. The van der Waals surface area contributed by atoms with Crippen molar-refractivity contribution in [2.75, 3.05) is 19.9 Å². The molecule has 88 heavy (non-hydrogen) atoms. The number of hydrogen-bond acceptors (Lipinski definition) is 19. The normalized spacial score (nSPS) is 19.7. The number of phenols is 2. The molecular weight excluding hydrogens is 1140 g/mol. The van der Waals surface area contributed by atoms with Crippen molar-refractivity contribution in [1.29, 1.82) is 0 Å². The summed E-state index contributed by atoms with van der Waals surface area (Å²) in [5.41, 5.74) is -3.00. The Bertz CT molecular complexity index is 3710. The molecule has 1 saturated heterocycles. The van der Waals surface area contributed by atoms with Gasteiger partial charge in [-0.15, -0.1) is 25.5 Å². The van der Waals surface area contributed by atoms with Gasteiger partial charge < -0.3 is 49.8 Å². The number of benzene rings is 6. The van der Waals surface area contributed by atoms with Gasteiger partial charge in [-0.2, -0.15) is 0 Å². The number of aromatic hydroxyl groups is 2. The van der Waals surface area contributed by atoms with Crippen LogP contribution in [0.1, 0.15) is 130 Å². The molecule has 2 aliphatic carbocycles. The van der Waals surface area contributed by atoms with E-state index in [1.54, 1.807) is 24.3 Å². The molecule has 3 heterocycles. The van der Waals surface area contributed by atoms with Crippen molar-refractivity contribution in [3.63, 3.8) is 0 Å². The van der Waals surface area contributed by atoms with Crippen molar-refractivity contribution in [1.82, 2.24) is 40.7 Å². The zero-order valence-electron chi connectivity index (χ0n) is 48.6. The third-order valence-electron chi connectivity index (χ3n) is 16.8. The van der Waals surface area contributed by atoms with E-state index in [9.17, 15) is 44.7 Å². The number of phenolic OH excluding ortho intramolecular Hbond substituents is 2. The molecule has 0 bridgehead atoms. The van der Waals surface area contributed by atoms with Gasteiger partial charge in [0.1, 0.15) is 76.8 Å². The maximum Gasteiger partial charge on any atom is 0.293 e. The fraction of sp³-hybridized carbons (Fsp3) is 0.333. The Labute approximate surface area is 508 Å². The highest BCUT2D eigenvalue weighted by Crippen LogP contribution is 2.56. The van der Waals surface area contributed by atoms with E-state index in [1.165, 1.54) is 73.8 Å². The smallest absolute Gasteiger partial charge is 0.293 e. The van der Waals surface area contributed by atoms with E-state index in [0.717, 1.165) is 32.0 Å². The molecule has 0 spiro atoms. The van der Waals surface area contributed by atoms with E-state index in [-0.39, 0.29) is 46.9 Å². The second kappa shape index (κ2) is 26.7. The molecule has 6 unspecified atom stereocenters. The third kappa shape index (κ3) is 12.4. The van der Waals surface area contributed by atoms with Gasteiger partial charge in [-0.25, -0.2) is 0 Å². The van der Waals surface area contributed by atoms with E-state index in [1.807, 2.05) is 10.9 Å². The molecule has 1 fully saturated rings. The number of ether oxygens (including phenoxy) is 4. The number of aliphatic hydroxyl groups is 3. The van der Waals surface area contributed by atoms with Crippen LogP contribution in [-0.4, -0.2) is 134 Å². The minimum atomic E-state index is -2.39. The quantitative estimate of drug-likeness (QED) is 0.0210. The van der Waals surface area contributed by atoms with Crippen molar-refractivity contribution in [2.24, 2.45) is 0 Å². The first kappa shape index (κ1) is 61.0. The van der Waals surface area contributed by atoms with E-state index in [0.29, 0.717) is 17.0 Å². The van der Waals surface area contributed by atoms with E-state index in [2.05, 4.69) is 127 Å². The molecule has 0 saturated carbocycles. The van der Waals surface area contributed by atoms with Gasteiger partial charge in [0.15, 0.2) is 17.9 Å². The molecule has 22 heteroatoms. The highest BCUT2D eigenvalue weighted by molar-refractivity contribution is 7.95. The first-order chi connectivity index (χ1) is 42.7. The van der Waals surface area contributed by atoms with Gasteiger partial charge in [0, 0.05) is 48.1 Å². The monoisotopic (exact) mass is 1210 g/mol. The fourth-order valence-electron chi connectivity index (χ4n) is 12.3. The Hall–Kier alpha value is -8.69. The van der Waals surface area contributed by atoms with Gasteiger partial charge in [0.05, 0.1) is 54.4 Å². The van der Waals surface area contributed by atoms with Crippen molar-refractivity contribution < 1.29 is 63.7 Å². The van der Waals surface area contributed by atoms with Crippen LogP contribution in [0.3, 0.4) is 0 Å². The average Bonchev–Trinajstić information content (AvgIpc) is 0.766. The Balaban J connectivity index is 0.648. The zero-order valence-corrected chi connectivity index (χ0v) is 49.5. The summed E-state index contributed by atoms with van der Waals surface area (Å²) < 4.78 is 25.5. The maximum absolute atomic E-state index is 14.1. The molecule has 11 rings (SSSR count). The van der Waals surface area contributed by atoms with E-state index >= 15 is 0 Å². The molecule has 1 amide bonds. The van der Waals surface area contributed by atoms with Crippen LogP contribution in [0.25, 0.3) is 11.4 Å². The summed E-state index contributed by atoms with van der Waals surface area (Å²) >= 11 is 0. The molecule has 6 N–H and O–H groups in total. The number of amides is 1. The van der Waals surface area contributed by atoms with Gasteiger partial charge >= 0.3 is 0 Å². The number of methoxy groups -OCH3 is 1. The van der Waals surface area contributed by atoms with Crippen LogP contribution in [0.4, 0.5) is 0 Å². The van der Waals surface area contributed by atoms with Crippen LogP contribution in [0.5, 0.6) is 23.0 Å². The number of unbranched alkanes of at least 4 members (excludes halogenated alkanes) is 6. The molecule has 21 nitrogen and oxygen atoms in total. The second-order valence-corrected chi connectivity index (χ2v) is 26.0. The molecule has 454 valence electrons. The number of carbonyl (C=O) groups excluding carboxylic acids is 4. The molecule has 6 atom stereocenters. The van der Waals surface area contributed by atoms with Crippen LogP contribution in [0, 0.1) is 0 Å². The van der Waals surface area contributed by atoms with Crippen LogP contribution in [0.15, 0.2) is 140 Å². The van der Waals surface area contributed by atoms with E-state index < -0.39 is 115 Å². The molecular formula is C66H68N8O13P+. The number of fused-ring (bicyclic) bond motifs is 3. The number of nitrogens with zero attached hydrogens (tertiary/aromatic N) is 7. The first-order valence-electron chi connectivity index (χ1n) is 29.5. The lowest BCUT2D eigenvalue weighted by Crippen LogP contribution is -2.56. The summed E-state index contributed by atoms with van der Waals surface area (Å²) in [6.07, 6.45) is 4.37. The van der Waals surface area contributed by atoms with Gasteiger partial charge in [-0.1, -0.05) is 97.6 Å². The largest absolute Gasteiger partial charge is 0.507 e. The summed E-state index contributed by atoms with van der Waals surface area (Å²) in [4.78, 5) is 54.7. The number of ketones is 3. The minimum absolute atomic E-state index is 0.0459. The Morgan fingerprint density at radius 3 is 1.98 bits per heavy atom. The summed E-state index contributed by atoms with van der Waals surface area (Å²) in [7, 11) is -0.500. The predicted octanol–water partition coefficient (Wildman–Crippen LogP) is 6.61. The number of nitrogens with one attached hydrogen (secondary N) is 1. The number of Topliss-reactive ketones (excluding diaryl/α,β-unsaturated/α-hetero) is 1. The minimum Gasteiger partial charge on any atom is -0.507 e. The van der Waals surface area contributed by atoms with Gasteiger partial charge in [-0.05, 0) is 92.9 Å². The number of aryl methyl sites for hydroxylation is 1. The predicted molar refractivity (Wildman–Crippen MR) is 325 cm³/mol. The number of rotatable bonds is 24. The molecule has 1 aliphatic heterocycles. The Morgan fingerprint density at radius 1 is 0.739 bits per heavy atom. The maximum atomic E-state index is 14.1. The summed E-state index contributed by atoms with van der Waals surface area (Å²) in [5, 5.41) is 88.2. The average molecular weight is 1210 g/mol. The van der Waals surface area contributed by atoms with Crippen molar-refractivity contribution >= 4 is 46.4 Å². The highest BCUT2D eigenvalue weighted by Gasteiger charge is 2.51. The summed E-state index contributed by atoms with van der Waals surface area (Å²) in [5.74, 6) is -4.80. The third-order valence-corrected chi connectivity index (χ3v) is 21.3. The van der Waals surface area contributed by atoms with Crippen LogP contribution in [0.2, 0.25) is 0 Å². The molecule has 0 radical (unpaired) electrons. The molecule has 6 aromatic carbocycles. The Morgan fingerprint density at radius 2 is 1.35 bits per heavy atom.